The van der Waals surface area contributed by atoms with Gasteiger partial charge in [0.1, 0.15) is 11.6 Å². The van der Waals surface area contributed by atoms with Crippen molar-refractivity contribution >= 4 is 11.6 Å². The van der Waals surface area contributed by atoms with Crippen LogP contribution in [0.15, 0.2) is 0 Å². The first-order chi connectivity index (χ1) is 8.58. The highest BCUT2D eigenvalue weighted by Gasteiger charge is 1.95. The summed E-state index contributed by atoms with van der Waals surface area (Å²) in [4.78, 5) is 21.1. The molecule has 0 saturated heterocycles. The molecule has 0 bridgehead atoms. The van der Waals surface area contributed by atoms with E-state index in [1.54, 1.807) is 6.92 Å². The quantitative estimate of drug-likeness (QED) is 0.510. The highest BCUT2D eigenvalue weighted by atomic mass is 16.1. The summed E-state index contributed by atoms with van der Waals surface area (Å²) in [6.45, 7) is 7.91. The largest absolute Gasteiger partial charge is 0.300 e. The van der Waals surface area contributed by atoms with E-state index >= 15 is 0 Å². The highest BCUT2D eigenvalue weighted by molar-refractivity contribution is 5.77. The smallest absolute Gasteiger partial charge is 0.132 e. The zero-order valence-corrected chi connectivity index (χ0v) is 12.9. The van der Waals surface area contributed by atoms with E-state index in [0.29, 0.717) is 18.0 Å². The second kappa shape index (κ2) is 16.3. The SMILES string of the molecule is CCCCCC(=O)CC.CCCCCCC(C)=O. The first-order valence-electron chi connectivity index (χ1n) is 7.59. The van der Waals surface area contributed by atoms with Gasteiger partial charge in [0.15, 0.2) is 0 Å². The van der Waals surface area contributed by atoms with Crippen LogP contribution in [0.1, 0.15) is 91.9 Å². The Bertz CT molecular complexity index is 197. The third kappa shape index (κ3) is 20.7. The first kappa shape index (κ1) is 19.7. The maximum atomic E-state index is 10.7. The van der Waals surface area contributed by atoms with E-state index in [1.807, 2.05) is 6.92 Å². The molecule has 0 rings (SSSR count). The lowest BCUT2D eigenvalue weighted by Gasteiger charge is -1.93. The van der Waals surface area contributed by atoms with Crippen LogP contribution in [0.2, 0.25) is 0 Å². The minimum atomic E-state index is 0.325. The van der Waals surface area contributed by atoms with E-state index in [4.69, 9.17) is 0 Å². The number of ketones is 2. The number of rotatable bonds is 10. The van der Waals surface area contributed by atoms with Crippen molar-refractivity contribution < 1.29 is 9.59 Å². The second-order valence-corrected chi connectivity index (χ2v) is 4.86. The molecule has 0 aromatic carbocycles. The summed E-state index contributed by atoms with van der Waals surface area (Å²) in [7, 11) is 0. The van der Waals surface area contributed by atoms with Crippen LogP contribution in [0.4, 0.5) is 0 Å². The normalized spacial score (nSPS) is 9.56. The first-order valence-corrected chi connectivity index (χ1v) is 7.59. The second-order valence-electron chi connectivity index (χ2n) is 4.86. The summed E-state index contributed by atoms with van der Waals surface area (Å²) in [5.41, 5.74) is 0. The van der Waals surface area contributed by atoms with Gasteiger partial charge in [-0.3, -0.25) is 4.79 Å². The zero-order chi connectivity index (χ0) is 14.2. The van der Waals surface area contributed by atoms with Crippen molar-refractivity contribution in [1.29, 1.82) is 0 Å². The molecule has 0 aliphatic heterocycles. The van der Waals surface area contributed by atoms with E-state index in [0.717, 1.165) is 25.7 Å². The summed E-state index contributed by atoms with van der Waals surface area (Å²) in [6, 6.07) is 0. The number of hydrogen-bond donors (Lipinski definition) is 0. The van der Waals surface area contributed by atoms with Gasteiger partial charge < -0.3 is 4.79 Å². The molecule has 2 heteroatoms. The van der Waals surface area contributed by atoms with Crippen molar-refractivity contribution in [2.24, 2.45) is 0 Å². The molecule has 0 unspecified atom stereocenters. The molecule has 2 nitrogen and oxygen atoms in total. The van der Waals surface area contributed by atoms with Crippen LogP contribution < -0.4 is 0 Å². The van der Waals surface area contributed by atoms with E-state index in [2.05, 4.69) is 13.8 Å². The van der Waals surface area contributed by atoms with E-state index in [9.17, 15) is 9.59 Å². The maximum absolute atomic E-state index is 10.7. The standard InChI is InChI=1S/2C8H16O/c1-3-4-5-6-7-8(2)9;1-3-5-6-7-8(9)4-2/h2*3-7H2,1-2H3. The van der Waals surface area contributed by atoms with Gasteiger partial charge in [-0.2, -0.15) is 0 Å². The van der Waals surface area contributed by atoms with Crippen molar-refractivity contribution in [1.82, 2.24) is 0 Å². The fourth-order valence-corrected chi connectivity index (χ4v) is 1.55. The van der Waals surface area contributed by atoms with Crippen molar-refractivity contribution in [3.8, 4) is 0 Å². The van der Waals surface area contributed by atoms with Gasteiger partial charge in [-0.1, -0.05) is 52.9 Å². The van der Waals surface area contributed by atoms with E-state index < -0.39 is 0 Å². The van der Waals surface area contributed by atoms with Crippen molar-refractivity contribution in [2.45, 2.75) is 91.9 Å². The molecule has 0 aromatic heterocycles. The Morgan fingerprint density at radius 1 is 0.722 bits per heavy atom. The third-order valence-corrected chi connectivity index (χ3v) is 2.84. The van der Waals surface area contributed by atoms with Gasteiger partial charge in [0.05, 0.1) is 0 Å². The highest BCUT2D eigenvalue weighted by Crippen LogP contribution is 2.02. The van der Waals surface area contributed by atoms with E-state index in [-0.39, 0.29) is 0 Å². The molecule has 0 radical (unpaired) electrons. The van der Waals surface area contributed by atoms with Gasteiger partial charge in [0.2, 0.25) is 0 Å². The molecule has 0 aliphatic rings. The molecule has 0 amide bonds. The fraction of sp³-hybridized carbons (Fsp3) is 0.875. The van der Waals surface area contributed by atoms with Crippen molar-refractivity contribution in [3.05, 3.63) is 0 Å². The summed E-state index contributed by atoms with van der Waals surface area (Å²) >= 11 is 0. The van der Waals surface area contributed by atoms with Crippen LogP contribution in [0.5, 0.6) is 0 Å². The lowest BCUT2D eigenvalue weighted by molar-refractivity contribution is -0.119. The zero-order valence-electron chi connectivity index (χ0n) is 12.9. The molecule has 0 aliphatic carbocycles. The van der Waals surface area contributed by atoms with Gasteiger partial charge >= 0.3 is 0 Å². The van der Waals surface area contributed by atoms with Gasteiger partial charge in [0.25, 0.3) is 0 Å². The summed E-state index contributed by atoms with van der Waals surface area (Å²) in [6.07, 6.45) is 10.6. The van der Waals surface area contributed by atoms with Crippen LogP contribution >= 0.6 is 0 Å². The fourth-order valence-electron chi connectivity index (χ4n) is 1.55. The van der Waals surface area contributed by atoms with Crippen LogP contribution in [-0.2, 0) is 9.59 Å². The van der Waals surface area contributed by atoms with Crippen LogP contribution in [-0.4, -0.2) is 11.6 Å². The van der Waals surface area contributed by atoms with E-state index in [1.165, 1.54) is 32.1 Å². The topological polar surface area (TPSA) is 34.1 Å². The average Bonchev–Trinajstić information content (AvgIpc) is 2.35. The predicted molar refractivity (Wildman–Crippen MR) is 78.9 cm³/mol. The maximum Gasteiger partial charge on any atom is 0.132 e. The monoisotopic (exact) mass is 256 g/mol. The van der Waals surface area contributed by atoms with Gasteiger partial charge in [-0.15, -0.1) is 0 Å². The van der Waals surface area contributed by atoms with Crippen molar-refractivity contribution in [3.63, 3.8) is 0 Å². The summed E-state index contributed by atoms with van der Waals surface area (Å²) in [5, 5.41) is 0. The Morgan fingerprint density at radius 2 is 1.22 bits per heavy atom. The van der Waals surface area contributed by atoms with Gasteiger partial charge in [-0.25, -0.2) is 0 Å². The van der Waals surface area contributed by atoms with Crippen LogP contribution in [0, 0.1) is 0 Å². The Balaban J connectivity index is 0. The molecule has 0 N–H and O–H groups in total. The van der Waals surface area contributed by atoms with Crippen molar-refractivity contribution in [2.75, 3.05) is 0 Å². The molecule has 0 spiro atoms. The van der Waals surface area contributed by atoms with Gasteiger partial charge in [-0.05, 0) is 19.8 Å². The lowest BCUT2D eigenvalue weighted by Crippen LogP contribution is -1.93. The molecule has 18 heavy (non-hydrogen) atoms. The molecule has 0 heterocycles. The predicted octanol–water partition coefficient (Wildman–Crippen LogP) is 5.09. The molecular weight excluding hydrogens is 224 g/mol. The molecule has 0 aromatic rings. The molecule has 108 valence electrons. The number of carbonyl (C=O) groups excluding carboxylic acids is 2. The average molecular weight is 256 g/mol. The summed E-state index contributed by atoms with van der Waals surface area (Å²) in [5.74, 6) is 0.731. The Labute approximate surface area is 114 Å². The summed E-state index contributed by atoms with van der Waals surface area (Å²) < 4.78 is 0. The number of unbranched alkanes of at least 4 members (excludes halogenated alkanes) is 5. The van der Waals surface area contributed by atoms with Gasteiger partial charge in [0, 0.05) is 19.3 Å². The molecule has 0 saturated carbocycles. The Hall–Kier alpha value is -0.660. The number of hydrogen-bond acceptors (Lipinski definition) is 2. The molecule has 0 fully saturated rings. The molecule has 0 atom stereocenters. The minimum Gasteiger partial charge on any atom is -0.300 e. The Kier molecular flexibility index (Phi) is 17.9. The van der Waals surface area contributed by atoms with Crippen LogP contribution in [0.25, 0.3) is 0 Å². The Morgan fingerprint density at radius 3 is 1.67 bits per heavy atom. The third-order valence-electron chi connectivity index (χ3n) is 2.84. The van der Waals surface area contributed by atoms with Crippen LogP contribution in [0.3, 0.4) is 0 Å². The molecular formula is C16H32O2. The number of carbonyl (C=O) groups is 2. The number of Topliss-reactive ketones (excluding diaryl/α,β-unsaturated/α-hetero) is 2. The lowest BCUT2D eigenvalue weighted by atomic mass is 10.1. The minimum absolute atomic E-state index is 0.325.